The van der Waals surface area contributed by atoms with Crippen molar-refractivity contribution in [2.45, 2.75) is 33.2 Å². The van der Waals surface area contributed by atoms with Crippen molar-refractivity contribution in [2.24, 2.45) is 0 Å². The molecule has 2 amide bonds. The molecule has 0 aromatic carbocycles. The molecule has 3 aromatic rings. The van der Waals surface area contributed by atoms with Gasteiger partial charge in [-0.3, -0.25) is 15.2 Å². The Morgan fingerprint density at radius 2 is 1.97 bits per heavy atom. The highest BCUT2D eigenvalue weighted by atomic mass is 16.2. The number of hydrogen-bond acceptors (Lipinski definition) is 5. The van der Waals surface area contributed by atoms with Crippen molar-refractivity contribution in [3.05, 3.63) is 59.5 Å². The number of carbonyl (C=O) groups excluding carboxylic acids is 1. The van der Waals surface area contributed by atoms with Gasteiger partial charge in [-0.25, -0.2) is 14.8 Å². The van der Waals surface area contributed by atoms with Crippen LogP contribution in [0.1, 0.15) is 23.2 Å². The predicted molar refractivity (Wildman–Crippen MR) is 118 cm³/mol. The highest BCUT2D eigenvalue weighted by molar-refractivity contribution is 6.05. The van der Waals surface area contributed by atoms with E-state index in [2.05, 4.69) is 34.0 Å². The first-order valence-electron chi connectivity index (χ1n) is 10.2. The van der Waals surface area contributed by atoms with Crippen molar-refractivity contribution >= 4 is 23.4 Å². The number of nitrogens with one attached hydrogen (secondary N) is 1. The fraction of sp³-hybridized carbons (Fsp3) is 0.304. The summed E-state index contributed by atoms with van der Waals surface area (Å²) in [7, 11) is 0. The van der Waals surface area contributed by atoms with Crippen LogP contribution in [0.3, 0.4) is 0 Å². The second-order valence-corrected chi connectivity index (χ2v) is 7.97. The van der Waals surface area contributed by atoms with Crippen LogP contribution < -0.4 is 15.1 Å². The number of hydrogen-bond donors (Lipinski definition) is 1. The number of anilines is 3. The Morgan fingerprint density at radius 3 is 2.73 bits per heavy atom. The van der Waals surface area contributed by atoms with Gasteiger partial charge < -0.3 is 4.90 Å². The minimum absolute atomic E-state index is 0.0999. The molecule has 0 unspecified atom stereocenters. The molecule has 7 nitrogen and oxygen atoms in total. The van der Waals surface area contributed by atoms with Crippen LogP contribution in [0.25, 0.3) is 11.3 Å². The van der Waals surface area contributed by atoms with Crippen molar-refractivity contribution in [3.63, 3.8) is 0 Å². The highest BCUT2D eigenvalue weighted by Crippen LogP contribution is 2.44. The van der Waals surface area contributed by atoms with Gasteiger partial charge >= 0.3 is 6.03 Å². The lowest BCUT2D eigenvalue weighted by Gasteiger charge is -2.37. The summed E-state index contributed by atoms with van der Waals surface area (Å²) in [4.78, 5) is 31.1. The van der Waals surface area contributed by atoms with E-state index >= 15 is 0 Å². The molecule has 30 heavy (non-hydrogen) atoms. The van der Waals surface area contributed by atoms with E-state index in [9.17, 15) is 4.79 Å². The minimum atomic E-state index is -0.186. The van der Waals surface area contributed by atoms with Crippen molar-refractivity contribution in [3.8, 4) is 11.3 Å². The molecule has 0 spiro atoms. The molecule has 2 aliphatic heterocycles. The molecule has 0 aliphatic carbocycles. The van der Waals surface area contributed by atoms with Crippen LogP contribution in [0.15, 0.2) is 42.7 Å². The van der Waals surface area contributed by atoms with E-state index in [0.29, 0.717) is 5.82 Å². The van der Waals surface area contributed by atoms with E-state index in [4.69, 9.17) is 4.98 Å². The molecule has 0 radical (unpaired) electrons. The second kappa shape index (κ2) is 7.09. The number of pyridine rings is 3. The highest BCUT2D eigenvalue weighted by Gasteiger charge is 2.41. The third kappa shape index (κ3) is 2.98. The summed E-state index contributed by atoms with van der Waals surface area (Å²) in [5, 5.41) is 2.95. The van der Waals surface area contributed by atoms with Crippen LogP contribution in [-0.2, 0) is 0 Å². The van der Waals surface area contributed by atoms with Crippen molar-refractivity contribution in [1.82, 2.24) is 15.0 Å². The number of rotatable bonds is 2. The number of aromatic nitrogens is 3. The Hall–Kier alpha value is -3.48. The third-order valence-electron chi connectivity index (χ3n) is 6.06. The average molecular weight is 400 g/mol. The summed E-state index contributed by atoms with van der Waals surface area (Å²) in [5.41, 5.74) is 6.22. The van der Waals surface area contributed by atoms with Gasteiger partial charge in [-0.1, -0.05) is 6.07 Å². The average Bonchev–Trinajstić information content (AvgIpc) is 3.14. The molecule has 2 bridgehead atoms. The molecular formula is C23H24N6O. The lowest BCUT2D eigenvalue weighted by Crippen LogP contribution is -2.48. The number of nitrogens with zero attached hydrogens (tertiary/aromatic N) is 5. The maximum Gasteiger partial charge on any atom is 0.329 e. The van der Waals surface area contributed by atoms with Crippen LogP contribution in [0, 0.1) is 20.8 Å². The molecule has 1 fully saturated rings. The Labute approximate surface area is 175 Å². The monoisotopic (exact) mass is 400 g/mol. The molecule has 5 heterocycles. The first-order valence-corrected chi connectivity index (χ1v) is 10.2. The van der Waals surface area contributed by atoms with Crippen LogP contribution >= 0.6 is 0 Å². The molecule has 1 saturated heterocycles. The van der Waals surface area contributed by atoms with Crippen LogP contribution in [0.4, 0.5) is 22.1 Å². The Balaban J connectivity index is 1.63. The smallest absolute Gasteiger partial charge is 0.329 e. The summed E-state index contributed by atoms with van der Waals surface area (Å²) in [5.74, 6) is 1.27. The van der Waals surface area contributed by atoms with Gasteiger partial charge in [0.05, 0.1) is 17.4 Å². The zero-order chi connectivity index (χ0) is 20.8. The summed E-state index contributed by atoms with van der Waals surface area (Å²) in [6.07, 6.45) is 4.40. The molecule has 7 heteroatoms. The molecule has 5 rings (SSSR count). The van der Waals surface area contributed by atoms with E-state index in [1.807, 2.05) is 36.1 Å². The predicted octanol–water partition coefficient (Wildman–Crippen LogP) is 4.09. The normalized spacial score (nSPS) is 17.1. The Morgan fingerprint density at radius 1 is 1.10 bits per heavy atom. The largest absolute Gasteiger partial charge is 0.366 e. The van der Waals surface area contributed by atoms with Gasteiger partial charge in [0.25, 0.3) is 0 Å². The van der Waals surface area contributed by atoms with Gasteiger partial charge in [-0.2, -0.15) is 0 Å². The summed E-state index contributed by atoms with van der Waals surface area (Å²) < 4.78 is 0. The van der Waals surface area contributed by atoms with Crippen LogP contribution in [-0.4, -0.2) is 40.1 Å². The van der Waals surface area contributed by atoms with E-state index < -0.39 is 0 Å². The molecule has 1 N–H and O–H groups in total. The molecule has 2 aliphatic rings. The zero-order valence-electron chi connectivity index (χ0n) is 17.4. The second-order valence-electron chi connectivity index (χ2n) is 7.97. The molecule has 0 saturated carbocycles. The first kappa shape index (κ1) is 18.5. The van der Waals surface area contributed by atoms with Gasteiger partial charge in [0.1, 0.15) is 5.82 Å². The third-order valence-corrected chi connectivity index (χ3v) is 6.06. The Bertz CT molecular complexity index is 1130. The fourth-order valence-electron chi connectivity index (χ4n) is 4.48. The van der Waals surface area contributed by atoms with Crippen molar-refractivity contribution < 1.29 is 4.79 Å². The topological polar surface area (TPSA) is 74.2 Å². The zero-order valence-corrected chi connectivity index (χ0v) is 17.4. The van der Waals surface area contributed by atoms with Gasteiger partial charge in [0.15, 0.2) is 5.82 Å². The fourth-order valence-corrected chi connectivity index (χ4v) is 4.48. The van der Waals surface area contributed by atoms with Crippen LogP contribution in [0.2, 0.25) is 0 Å². The van der Waals surface area contributed by atoms with Crippen molar-refractivity contribution in [1.29, 1.82) is 0 Å². The first-order chi connectivity index (χ1) is 14.5. The number of amides is 2. The SMILES string of the molecule is Cc1cc(-c2nc3c(c(C)c2C)N2CC[C@@H](C2)N3C(=O)Nc2ccccn2)ccn1. The van der Waals surface area contributed by atoms with Gasteiger partial charge in [-0.05, 0) is 62.6 Å². The Kier molecular flexibility index (Phi) is 4.38. The minimum Gasteiger partial charge on any atom is -0.366 e. The van der Waals surface area contributed by atoms with Gasteiger partial charge in [0, 0.05) is 36.7 Å². The standard InChI is InChI=1S/C23H24N6O/c1-14-12-17(7-10-24-14)20-15(2)16(3)21-22(27-20)29(18-8-11-28(21)13-18)23(30)26-19-6-4-5-9-25-19/h4-7,9-10,12,18H,8,11,13H2,1-3H3,(H,25,26,30)/t18-/m0/s1. The lowest BCUT2D eigenvalue weighted by atomic mass is 10.00. The summed E-state index contributed by atoms with van der Waals surface area (Å²) in [6.45, 7) is 7.97. The maximum absolute atomic E-state index is 13.3. The number of carbonyl (C=O) groups is 1. The molecule has 152 valence electrons. The summed E-state index contributed by atoms with van der Waals surface area (Å²) in [6, 6.07) is 9.41. The van der Waals surface area contributed by atoms with Gasteiger partial charge in [-0.15, -0.1) is 0 Å². The molecule has 1 atom stereocenters. The molecular weight excluding hydrogens is 376 g/mol. The van der Waals surface area contributed by atoms with Crippen LogP contribution in [0.5, 0.6) is 0 Å². The quantitative estimate of drug-likeness (QED) is 0.701. The van der Waals surface area contributed by atoms with E-state index in [0.717, 1.165) is 53.5 Å². The summed E-state index contributed by atoms with van der Waals surface area (Å²) >= 11 is 0. The molecule has 3 aromatic heterocycles. The van der Waals surface area contributed by atoms with Gasteiger partial charge in [0.2, 0.25) is 0 Å². The van der Waals surface area contributed by atoms with E-state index in [1.54, 1.807) is 18.5 Å². The number of urea groups is 1. The number of fused-ring (bicyclic) bond motifs is 4. The maximum atomic E-state index is 13.3. The van der Waals surface area contributed by atoms with E-state index in [-0.39, 0.29) is 12.1 Å². The number of aryl methyl sites for hydroxylation is 1. The van der Waals surface area contributed by atoms with Crippen molar-refractivity contribution in [2.75, 3.05) is 28.2 Å². The van der Waals surface area contributed by atoms with E-state index in [1.165, 1.54) is 5.56 Å². The lowest BCUT2D eigenvalue weighted by molar-refractivity contribution is 0.254.